The van der Waals surface area contributed by atoms with Gasteiger partial charge in [0.1, 0.15) is 0 Å². The number of esters is 1. The number of imidazole rings is 1. The number of hydrogen-bond donors (Lipinski definition) is 1. The van der Waals surface area contributed by atoms with Crippen molar-refractivity contribution in [3.05, 3.63) is 25.6 Å². The third-order valence-electron chi connectivity index (χ3n) is 3.56. The number of nitrogens with one attached hydrogen (secondary N) is 1. The van der Waals surface area contributed by atoms with Crippen molar-refractivity contribution in [3.63, 3.8) is 0 Å². The molecular weight excluding hydrogens is 368 g/mol. The third-order valence-corrected chi connectivity index (χ3v) is 3.94. The Morgan fingerprint density at radius 2 is 2.09 bits per heavy atom. The number of rotatable bonds is 6. The smallest absolute Gasteiger partial charge is 0.332 e. The first-order valence-electron chi connectivity index (χ1n) is 7.33. The maximum Gasteiger partial charge on any atom is 0.332 e. The van der Waals surface area contributed by atoms with Gasteiger partial charge in [0.05, 0.1) is 6.10 Å². The lowest BCUT2D eigenvalue weighted by atomic mass is 10.2. The standard InChI is InChI=1S/C14H19BrN4O4/c1-8(23-9(2)20)6-4-5-7-19-12(21)10-11(17-13(15)16-10)18(3)14(19)22/h8H,4-7H2,1-3H3,(H,16,17). The van der Waals surface area contributed by atoms with Crippen LogP contribution < -0.4 is 11.2 Å². The Labute approximate surface area is 140 Å². The molecule has 2 rings (SSSR count). The first-order valence-corrected chi connectivity index (χ1v) is 8.12. The van der Waals surface area contributed by atoms with Crippen LogP contribution in [0.25, 0.3) is 11.2 Å². The highest BCUT2D eigenvalue weighted by molar-refractivity contribution is 9.10. The largest absolute Gasteiger partial charge is 0.463 e. The summed E-state index contributed by atoms with van der Waals surface area (Å²) in [6, 6.07) is 0. The van der Waals surface area contributed by atoms with Crippen LogP contribution >= 0.6 is 15.9 Å². The van der Waals surface area contributed by atoms with Gasteiger partial charge in [-0.25, -0.2) is 9.78 Å². The molecule has 0 aromatic carbocycles. The molecule has 1 atom stereocenters. The van der Waals surface area contributed by atoms with E-state index in [-0.39, 0.29) is 17.6 Å². The molecule has 0 aliphatic heterocycles. The van der Waals surface area contributed by atoms with Crippen molar-refractivity contribution in [2.45, 2.75) is 45.8 Å². The first-order chi connectivity index (χ1) is 10.8. The van der Waals surface area contributed by atoms with Gasteiger partial charge in [0.15, 0.2) is 15.9 Å². The lowest BCUT2D eigenvalue weighted by Crippen LogP contribution is -2.39. The van der Waals surface area contributed by atoms with Gasteiger partial charge in [-0.2, -0.15) is 0 Å². The molecule has 1 N–H and O–H groups in total. The minimum absolute atomic E-state index is 0.168. The molecule has 0 saturated carbocycles. The molecule has 0 amide bonds. The van der Waals surface area contributed by atoms with Gasteiger partial charge in [0.25, 0.3) is 5.56 Å². The number of carbonyl (C=O) groups excluding carboxylic acids is 1. The zero-order chi connectivity index (χ0) is 17.1. The average Bonchev–Trinajstić information content (AvgIpc) is 2.85. The van der Waals surface area contributed by atoms with Gasteiger partial charge in [-0.15, -0.1) is 0 Å². The van der Waals surface area contributed by atoms with Gasteiger partial charge in [-0.05, 0) is 42.1 Å². The number of aryl methyl sites for hydroxylation is 1. The van der Waals surface area contributed by atoms with E-state index in [4.69, 9.17) is 4.74 Å². The molecule has 8 nitrogen and oxygen atoms in total. The predicted octanol–water partition coefficient (Wildman–Crippen LogP) is 1.31. The van der Waals surface area contributed by atoms with Crippen molar-refractivity contribution in [1.29, 1.82) is 0 Å². The van der Waals surface area contributed by atoms with Gasteiger partial charge < -0.3 is 9.72 Å². The van der Waals surface area contributed by atoms with Crippen LogP contribution in [0.2, 0.25) is 0 Å². The second-order valence-electron chi connectivity index (χ2n) is 5.44. The van der Waals surface area contributed by atoms with Crippen molar-refractivity contribution >= 4 is 33.1 Å². The highest BCUT2D eigenvalue weighted by Crippen LogP contribution is 2.10. The van der Waals surface area contributed by atoms with Crippen LogP contribution in [0.1, 0.15) is 33.1 Å². The van der Waals surface area contributed by atoms with Crippen LogP contribution in [-0.4, -0.2) is 31.2 Å². The molecule has 2 aromatic heterocycles. The number of aromatic nitrogens is 4. The number of ether oxygens (including phenoxy) is 1. The maximum atomic E-state index is 12.4. The molecule has 0 fully saturated rings. The zero-order valence-corrected chi connectivity index (χ0v) is 14.8. The highest BCUT2D eigenvalue weighted by atomic mass is 79.9. The van der Waals surface area contributed by atoms with E-state index < -0.39 is 5.69 Å². The second kappa shape index (κ2) is 7.12. The number of nitrogens with zero attached hydrogens (tertiary/aromatic N) is 3. The fourth-order valence-corrected chi connectivity index (χ4v) is 2.83. The molecule has 1 unspecified atom stereocenters. The summed E-state index contributed by atoms with van der Waals surface area (Å²) in [4.78, 5) is 42.4. The summed E-state index contributed by atoms with van der Waals surface area (Å²) in [6.45, 7) is 3.50. The van der Waals surface area contributed by atoms with Gasteiger partial charge in [0.2, 0.25) is 0 Å². The van der Waals surface area contributed by atoms with Crippen LogP contribution in [-0.2, 0) is 23.1 Å². The number of carbonyl (C=O) groups is 1. The molecule has 0 spiro atoms. The number of aromatic amines is 1. The molecule has 23 heavy (non-hydrogen) atoms. The monoisotopic (exact) mass is 386 g/mol. The molecule has 0 saturated heterocycles. The van der Waals surface area contributed by atoms with Crippen LogP contribution in [0, 0.1) is 0 Å². The quantitative estimate of drug-likeness (QED) is 0.458. The molecule has 0 aliphatic carbocycles. The van der Waals surface area contributed by atoms with E-state index in [1.54, 1.807) is 7.05 Å². The van der Waals surface area contributed by atoms with Gasteiger partial charge >= 0.3 is 11.7 Å². The van der Waals surface area contributed by atoms with Crippen molar-refractivity contribution in [2.24, 2.45) is 7.05 Å². The molecule has 0 aliphatic rings. The van der Waals surface area contributed by atoms with Gasteiger partial charge in [0, 0.05) is 20.5 Å². The van der Waals surface area contributed by atoms with E-state index in [2.05, 4.69) is 25.9 Å². The van der Waals surface area contributed by atoms with Crippen molar-refractivity contribution in [3.8, 4) is 0 Å². The summed E-state index contributed by atoms with van der Waals surface area (Å²) in [5.74, 6) is -0.308. The number of fused-ring (bicyclic) bond motifs is 1. The Balaban J connectivity index is 2.10. The van der Waals surface area contributed by atoms with Gasteiger partial charge in [-0.1, -0.05) is 0 Å². The fourth-order valence-electron chi connectivity index (χ4n) is 2.46. The number of H-pyrrole nitrogens is 1. The van der Waals surface area contributed by atoms with Crippen LogP contribution in [0.4, 0.5) is 0 Å². The zero-order valence-electron chi connectivity index (χ0n) is 13.3. The lowest BCUT2D eigenvalue weighted by molar-refractivity contribution is -0.145. The highest BCUT2D eigenvalue weighted by Gasteiger charge is 2.14. The van der Waals surface area contributed by atoms with Gasteiger partial charge in [-0.3, -0.25) is 18.7 Å². The average molecular weight is 387 g/mol. The minimum Gasteiger partial charge on any atom is -0.463 e. The summed E-state index contributed by atoms with van der Waals surface area (Å²) in [7, 11) is 1.58. The predicted molar refractivity (Wildman–Crippen MR) is 88.4 cm³/mol. The summed E-state index contributed by atoms with van der Waals surface area (Å²) < 4.78 is 7.99. The van der Waals surface area contributed by atoms with Crippen molar-refractivity contribution < 1.29 is 9.53 Å². The van der Waals surface area contributed by atoms with E-state index in [1.165, 1.54) is 16.1 Å². The Bertz CT molecular complexity index is 836. The fraction of sp³-hybridized carbons (Fsp3) is 0.571. The Hall–Kier alpha value is -1.90. The van der Waals surface area contributed by atoms with E-state index >= 15 is 0 Å². The molecule has 126 valence electrons. The number of hydrogen-bond acceptors (Lipinski definition) is 5. The van der Waals surface area contributed by atoms with E-state index in [0.717, 1.165) is 6.42 Å². The summed E-state index contributed by atoms with van der Waals surface area (Å²) >= 11 is 3.17. The van der Waals surface area contributed by atoms with Crippen LogP contribution in [0.15, 0.2) is 14.3 Å². The first kappa shape index (κ1) is 17.5. The Kier molecular flexibility index (Phi) is 5.40. The third kappa shape index (κ3) is 3.90. The molecule has 0 radical (unpaired) electrons. The van der Waals surface area contributed by atoms with Crippen molar-refractivity contribution in [1.82, 2.24) is 19.1 Å². The van der Waals surface area contributed by atoms with E-state index in [0.29, 0.717) is 35.3 Å². The maximum absolute atomic E-state index is 12.4. The summed E-state index contributed by atoms with van der Waals surface area (Å²) in [5, 5.41) is 0. The molecule has 2 heterocycles. The SMILES string of the molecule is CC(=O)OC(C)CCCCn1c(=O)c2[nH]c(Br)nc2n(C)c1=O. The number of halogens is 1. The Morgan fingerprint density at radius 3 is 2.74 bits per heavy atom. The molecule has 0 bridgehead atoms. The normalized spacial score (nSPS) is 12.5. The minimum atomic E-state index is -0.394. The molecule has 9 heteroatoms. The summed E-state index contributed by atoms with van der Waals surface area (Å²) in [6.07, 6.45) is 1.90. The molecular formula is C14H19BrN4O4. The topological polar surface area (TPSA) is 99.0 Å². The van der Waals surface area contributed by atoms with Crippen molar-refractivity contribution in [2.75, 3.05) is 0 Å². The Morgan fingerprint density at radius 1 is 1.39 bits per heavy atom. The van der Waals surface area contributed by atoms with E-state index in [9.17, 15) is 14.4 Å². The lowest BCUT2D eigenvalue weighted by Gasteiger charge is -2.12. The second-order valence-corrected chi connectivity index (χ2v) is 6.19. The van der Waals surface area contributed by atoms with Crippen LogP contribution in [0.3, 0.4) is 0 Å². The van der Waals surface area contributed by atoms with Crippen LogP contribution in [0.5, 0.6) is 0 Å². The number of unbranched alkanes of at least 4 members (excludes halogenated alkanes) is 1. The summed E-state index contributed by atoms with van der Waals surface area (Å²) in [5.41, 5.74) is -0.150. The van der Waals surface area contributed by atoms with E-state index in [1.807, 2.05) is 6.92 Å². The molecule has 2 aromatic rings.